The van der Waals surface area contributed by atoms with E-state index in [2.05, 4.69) is 5.32 Å². The van der Waals surface area contributed by atoms with Crippen LogP contribution in [-0.2, 0) is 16.1 Å². The average molecular weight is 251 g/mol. The number of benzene rings is 1. The van der Waals surface area contributed by atoms with Gasteiger partial charge >= 0.3 is 6.09 Å². The van der Waals surface area contributed by atoms with Crippen molar-refractivity contribution in [1.29, 1.82) is 0 Å². The largest absolute Gasteiger partial charge is 0.445 e. The van der Waals surface area contributed by atoms with Crippen molar-refractivity contribution in [1.82, 2.24) is 5.32 Å². The zero-order valence-electron chi connectivity index (χ0n) is 10.1. The lowest BCUT2D eigenvalue weighted by Gasteiger charge is -2.20. The van der Waals surface area contributed by atoms with Crippen LogP contribution in [0.2, 0.25) is 0 Å². The number of carbonyl (C=O) groups excluding carboxylic acids is 1. The Labute approximate surface area is 106 Å². The predicted molar refractivity (Wildman–Crippen MR) is 65.0 cm³/mol. The summed E-state index contributed by atoms with van der Waals surface area (Å²) in [5.41, 5.74) is -0.0262. The van der Waals surface area contributed by atoms with Gasteiger partial charge in [-0.05, 0) is 5.56 Å². The highest BCUT2D eigenvalue weighted by Crippen LogP contribution is 2.16. The third kappa shape index (κ3) is 3.72. The second kappa shape index (κ2) is 5.84. The molecule has 1 aromatic carbocycles. The molecule has 1 aliphatic heterocycles. The highest BCUT2D eigenvalue weighted by atomic mass is 16.5. The van der Waals surface area contributed by atoms with Crippen molar-refractivity contribution in [2.75, 3.05) is 19.8 Å². The topological polar surface area (TPSA) is 67.8 Å². The first-order valence-corrected chi connectivity index (χ1v) is 5.93. The SMILES string of the molecule is O=C(NC[C@@]1(O)CCOC1)OCc1ccccc1. The van der Waals surface area contributed by atoms with Crippen LogP contribution in [0.3, 0.4) is 0 Å². The number of hydrogen-bond acceptors (Lipinski definition) is 4. The number of rotatable bonds is 4. The van der Waals surface area contributed by atoms with Crippen LogP contribution in [-0.4, -0.2) is 36.6 Å². The second-order valence-electron chi connectivity index (χ2n) is 4.44. The minimum absolute atomic E-state index is 0.153. The molecule has 0 saturated carbocycles. The monoisotopic (exact) mass is 251 g/mol. The van der Waals surface area contributed by atoms with Gasteiger partial charge in [0.05, 0.1) is 13.2 Å². The number of amides is 1. The molecule has 5 nitrogen and oxygen atoms in total. The minimum atomic E-state index is -0.953. The smallest absolute Gasteiger partial charge is 0.407 e. The molecule has 0 spiro atoms. The molecule has 0 bridgehead atoms. The van der Waals surface area contributed by atoms with E-state index in [4.69, 9.17) is 9.47 Å². The van der Waals surface area contributed by atoms with Crippen LogP contribution in [0.4, 0.5) is 4.79 Å². The Morgan fingerprint density at radius 2 is 2.22 bits per heavy atom. The van der Waals surface area contributed by atoms with Gasteiger partial charge in [-0.25, -0.2) is 4.79 Å². The maximum atomic E-state index is 11.4. The third-order valence-electron chi connectivity index (χ3n) is 2.86. The van der Waals surface area contributed by atoms with Gasteiger partial charge in [-0.2, -0.15) is 0 Å². The molecule has 5 heteroatoms. The molecule has 98 valence electrons. The van der Waals surface area contributed by atoms with Gasteiger partial charge in [-0.3, -0.25) is 0 Å². The molecule has 2 N–H and O–H groups in total. The van der Waals surface area contributed by atoms with Gasteiger partial charge in [-0.15, -0.1) is 0 Å². The third-order valence-corrected chi connectivity index (χ3v) is 2.86. The molecule has 0 aliphatic carbocycles. The molecule has 1 fully saturated rings. The summed E-state index contributed by atoms with van der Waals surface area (Å²) in [7, 11) is 0. The van der Waals surface area contributed by atoms with Gasteiger partial charge in [0.15, 0.2) is 0 Å². The standard InChI is InChI=1S/C13H17NO4/c15-12(14-9-13(16)6-7-17-10-13)18-8-11-4-2-1-3-5-11/h1-5,16H,6-10H2,(H,14,15)/t13-/m0/s1. The molecule has 1 amide bonds. The van der Waals surface area contributed by atoms with E-state index in [1.54, 1.807) is 0 Å². The van der Waals surface area contributed by atoms with Crippen molar-refractivity contribution in [3.63, 3.8) is 0 Å². The molecule has 2 rings (SSSR count). The molecule has 1 heterocycles. The molecule has 1 aliphatic rings. The quantitative estimate of drug-likeness (QED) is 0.839. The molecule has 18 heavy (non-hydrogen) atoms. The van der Waals surface area contributed by atoms with Gasteiger partial charge < -0.3 is 19.9 Å². The first-order valence-electron chi connectivity index (χ1n) is 5.93. The summed E-state index contributed by atoms with van der Waals surface area (Å²) in [6.45, 7) is 1.16. The minimum Gasteiger partial charge on any atom is -0.445 e. The number of alkyl carbamates (subject to hydrolysis) is 1. The number of aliphatic hydroxyl groups is 1. The Hall–Kier alpha value is -1.59. The predicted octanol–water partition coefficient (Wildman–Crippen LogP) is 1.06. The van der Waals surface area contributed by atoms with Crippen molar-refractivity contribution >= 4 is 6.09 Å². The van der Waals surface area contributed by atoms with E-state index in [1.807, 2.05) is 30.3 Å². The van der Waals surface area contributed by atoms with E-state index in [0.717, 1.165) is 5.56 Å². The van der Waals surface area contributed by atoms with Crippen LogP contribution in [0.5, 0.6) is 0 Å². The summed E-state index contributed by atoms with van der Waals surface area (Å²) in [5.74, 6) is 0. The van der Waals surface area contributed by atoms with Crippen molar-refractivity contribution in [2.45, 2.75) is 18.6 Å². The van der Waals surface area contributed by atoms with Crippen LogP contribution in [0, 0.1) is 0 Å². The first kappa shape index (κ1) is 12.9. The summed E-state index contributed by atoms with van der Waals surface area (Å²) in [6, 6.07) is 9.43. The molecule has 1 aromatic rings. The van der Waals surface area contributed by atoms with E-state index >= 15 is 0 Å². The Kier molecular flexibility index (Phi) is 4.17. The lowest BCUT2D eigenvalue weighted by molar-refractivity contribution is 0.0256. The Balaban J connectivity index is 1.69. The van der Waals surface area contributed by atoms with Gasteiger partial charge in [0.25, 0.3) is 0 Å². The zero-order chi connectivity index (χ0) is 12.8. The molecule has 1 atom stereocenters. The van der Waals surface area contributed by atoms with E-state index in [1.165, 1.54) is 0 Å². The summed E-state index contributed by atoms with van der Waals surface area (Å²) < 4.78 is 10.1. The van der Waals surface area contributed by atoms with Crippen molar-refractivity contribution in [2.24, 2.45) is 0 Å². The van der Waals surface area contributed by atoms with Crippen LogP contribution in [0.25, 0.3) is 0 Å². The molecule has 0 radical (unpaired) electrons. The summed E-state index contributed by atoms with van der Waals surface area (Å²) in [5, 5.41) is 12.5. The summed E-state index contributed by atoms with van der Waals surface area (Å²) in [6.07, 6.45) is 0.00516. The van der Waals surface area contributed by atoms with Gasteiger partial charge in [0.1, 0.15) is 12.2 Å². The summed E-state index contributed by atoms with van der Waals surface area (Å²) in [4.78, 5) is 11.4. The number of carbonyl (C=O) groups is 1. The van der Waals surface area contributed by atoms with Gasteiger partial charge in [0, 0.05) is 13.0 Å². The normalized spacial score (nSPS) is 22.7. The van der Waals surface area contributed by atoms with Gasteiger partial charge in [-0.1, -0.05) is 30.3 Å². The van der Waals surface area contributed by atoms with Crippen LogP contribution >= 0.6 is 0 Å². The average Bonchev–Trinajstić information content (AvgIpc) is 2.83. The van der Waals surface area contributed by atoms with E-state index in [9.17, 15) is 9.90 Å². The van der Waals surface area contributed by atoms with Gasteiger partial charge in [0.2, 0.25) is 0 Å². The highest BCUT2D eigenvalue weighted by Gasteiger charge is 2.32. The fourth-order valence-corrected chi connectivity index (χ4v) is 1.75. The highest BCUT2D eigenvalue weighted by molar-refractivity contribution is 5.67. The van der Waals surface area contributed by atoms with Crippen molar-refractivity contribution < 1.29 is 19.4 Å². The first-order chi connectivity index (χ1) is 8.68. The number of hydrogen-bond donors (Lipinski definition) is 2. The lowest BCUT2D eigenvalue weighted by atomic mass is 10.0. The van der Waals surface area contributed by atoms with Crippen LogP contribution in [0.15, 0.2) is 30.3 Å². The van der Waals surface area contributed by atoms with Crippen LogP contribution in [0.1, 0.15) is 12.0 Å². The lowest BCUT2D eigenvalue weighted by Crippen LogP contribution is -2.43. The Morgan fingerprint density at radius 1 is 1.44 bits per heavy atom. The zero-order valence-corrected chi connectivity index (χ0v) is 10.1. The maximum absolute atomic E-state index is 11.4. The fourth-order valence-electron chi connectivity index (χ4n) is 1.75. The molecule has 0 unspecified atom stereocenters. The van der Waals surface area contributed by atoms with E-state index in [0.29, 0.717) is 13.0 Å². The number of nitrogens with one attached hydrogen (secondary N) is 1. The molecule has 0 aromatic heterocycles. The van der Waals surface area contributed by atoms with E-state index < -0.39 is 11.7 Å². The van der Waals surface area contributed by atoms with E-state index in [-0.39, 0.29) is 19.8 Å². The van der Waals surface area contributed by atoms with Crippen LogP contribution < -0.4 is 5.32 Å². The van der Waals surface area contributed by atoms with Crippen molar-refractivity contribution in [3.05, 3.63) is 35.9 Å². The fraction of sp³-hybridized carbons (Fsp3) is 0.462. The summed E-state index contributed by atoms with van der Waals surface area (Å²) >= 11 is 0. The number of ether oxygens (including phenoxy) is 2. The Morgan fingerprint density at radius 3 is 2.89 bits per heavy atom. The molecular weight excluding hydrogens is 234 g/mol. The molecular formula is C13H17NO4. The Bertz CT molecular complexity index is 387. The molecule has 1 saturated heterocycles. The van der Waals surface area contributed by atoms with Crippen molar-refractivity contribution in [3.8, 4) is 0 Å². The maximum Gasteiger partial charge on any atom is 0.407 e. The second-order valence-corrected chi connectivity index (χ2v) is 4.44.